The van der Waals surface area contributed by atoms with Gasteiger partial charge in [-0.25, -0.2) is 0 Å². The van der Waals surface area contributed by atoms with Crippen LogP contribution in [-0.4, -0.2) is 40.5 Å². The topological polar surface area (TPSA) is 83.7 Å². The zero-order valence-electron chi connectivity index (χ0n) is 11.2. The molecular weight excluding hydrogens is 260 g/mol. The molecule has 1 amide bonds. The molecule has 1 N–H and O–H groups in total. The summed E-state index contributed by atoms with van der Waals surface area (Å²) in [6.45, 7) is 1.44. The average molecular weight is 278 g/mol. The van der Waals surface area contributed by atoms with Gasteiger partial charge >= 0.3 is 0 Å². The van der Waals surface area contributed by atoms with E-state index in [4.69, 9.17) is 5.11 Å². The van der Waals surface area contributed by atoms with Crippen LogP contribution in [-0.2, 0) is 11.2 Å². The van der Waals surface area contributed by atoms with Gasteiger partial charge in [-0.3, -0.25) is 14.9 Å². The lowest BCUT2D eigenvalue weighted by Gasteiger charge is -2.32. The Morgan fingerprint density at radius 3 is 2.70 bits per heavy atom. The molecule has 0 bridgehead atoms. The second-order valence-electron chi connectivity index (χ2n) is 5.13. The zero-order valence-corrected chi connectivity index (χ0v) is 11.2. The van der Waals surface area contributed by atoms with Gasteiger partial charge in [-0.15, -0.1) is 0 Å². The summed E-state index contributed by atoms with van der Waals surface area (Å²) in [7, 11) is 0. The number of non-ortho nitro benzene ring substituents is 1. The summed E-state index contributed by atoms with van der Waals surface area (Å²) in [5.41, 5.74) is 0.797. The van der Waals surface area contributed by atoms with Crippen molar-refractivity contribution in [3.05, 3.63) is 39.9 Å². The highest BCUT2D eigenvalue weighted by Gasteiger charge is 2.23. The molecule has 1 heterocycles. The van der Waals surface area contributed by atoms with E-state index in [1.165, 1.54) is 12.1 Å². The van der Waals surface area contributed by atoms with Crippen LogP contribution in [0.15, 0.2) is 24.3 Å². The number of hydrogen-bond donors (Lipinski definition) is 1. The molecule has 1 fully saturated rings. The third-order valence-electron chi connectivity index (χ3n) is 3.63. The van der Waals surface area contributed by atoms with Crippen molar-refractivity contribution in [3.63, 3.8) is 0 Å². The molecule has 1 aliphatic heterocycles. The van der Waals surface area contributed by atoms with Crippen molar-refractivity contribution in [2.24, 2.45) is 5.92 Å². The molecule has 1 atom stereocenters. The molecule has 0 radical (unpaired) electrons. The number of nitro groups is 1. The molecule has 6 nitrogen and oxygen atoms in total. The minimum atomic E-state index is -0.456. The number of benzene rings is 1. The van der Waals surface area contributed by atoms with Gasteiger partial charge in [0, 0.05) is 31.8 Å². The highest BCUT2D eigenvalue weighted by Crippen LogP contribution is 2.18. The summed E-state index contributed by atoms with van der Waals surface area (Å²) >= 11 is 0. The van der Waals surface area contributed by atoms with Gasteiger partial charge in [-0.1, -0.05) is 12.1 Å². The van der Waals surface area contributed by atoms with Crippen LogP contribution in [0.25, 0.3) is 0 Å². The molecule has 0 spiro atoms. The Hall–Kier alpha value is -1.95. The Morgan fingerprint density at radius 1 is 1.40 bits per heavy atom. The largest absolute Gasteiger partial charge is 0.396 e. The first kappa shape index (κ1) is 14.5. The van der Waals surface area contributed by atoms with E-state index in [9.17, 15) is 14.9 Å². The number of rotatable bonds is 4. The van der Waals surface area contributed by atoms with E-state index in [0.29, 0.717) is 6.54 Å². The highest BCUT2D eigenvalue weighted by atomic mass is 16.6. The number of nitro benzene ring substituents is 1. The maximum Gasteiger partial charge on any atom is 0.269 e. The van der Waals surface area contributed by atoms with Gasteiger partial charge in [0.15, 0.2) is 0 Å². The van der Waals surface area contributed by atoms with Crippen molar-refractivity contribution in [3.8, 4) is 0 Å². The Kier molecular flexibility index (Phi) is 4.68. The summed E-state index contributed by atoms with van der Waals surface area (Å²) in [6.07, 6.45) is 2.12. The molecule has 20 heavy (non-hydrogen) atoms. The lowest BCUT2D eigenvalue weighted by molar-refractivity contribution is -0.384. The Bertz CT molecular complexity index is 486. The maximum absolute atomic E-state index is 12.2. The molecule has 1 aliphatic rings. The molecule has 6 heteroatoms. The van der Waals surface area contributed by atoms with E-state index < -0.39 is 4.92 Å². The highest BCUT2D eigenvalue weighted by molar-refractivity contribution is 5.79. The number of likely N-dealkylation sites (tertiary alicyclic amines) is 1. The molecule has 108 valence electrons. The standard InChI is InChI=1S/C14H18N2O4/c17-10-12-2-1-7-15(9-12)14(18)8-11-3-5-13(6-4-11)16(19)20/h3-6,12,17H,1-2,7-10H2. The number of aliphatic hydroxyl groups is 1. The molecule has 1 aromatic rings. The van der Waals surface area contributed by atoms with E-state index in [1.807, 2.05) is 0 Å². The fraction of sp³-hybridized carbons (Fsp3) is 0.500. The van der Waals surface area contributed by atoms with Gasteiger partial charge < -0.3 is 10.0 Å². The number of aliphatic hydroxyl groups excluding tert-OH is 1. The van der Waals surface area contributed by atoms with E-state index in [-0.39, 0.29) is 30.5 Å². The number of carbonyl (C=O) groups excluding carboxylic acids is 1. The summed E-state index contributed by atoms with van der Waals surface area (Å²) in [5, 5.41) is 19.7. The van der Waals surface area contributed by atoms with E-state index >= 15 is 0 Å². The fourth-order valence-corrected chi connectivity index (χ4v) is 2.46. The monoisotopic (exact) mass is 278 g/mol. The van der Waals surface area contributed by atoms with E-state index in [0.717, 1.165) is 24.9 Å². The van der Waals surface area contributed by atoms with Crippen molar-refractivity contribution in [1.29, 1.82) is 0 Å². The van der Waals surface area contributed by atoms with Gasteiger partial charge in [-0.2, -0.15) is 0 Å². The van der Waals surface area contributed by atoms with Gasteiger partial charge in [0.05, 0.1) is 11.3 Å². The van der Waals surface area contributed by atoms with Crippen LogP contribution < -0.4 is 0 Å². The minimum absolute atomic E-state index is 0.0111. The molecule has 0 aromatic heterocycles. The van der Waals surface area contributed by atoms with Crippen molar-refractivity contribution in [2.45, 2.75) is 19.3 Å². The number of amides is 1. The third kappa shape index (κ3) is 3.54. The van der Waals surface area contributed by atoms with E-state index in [1.54, 1.807) is 17.0 Å². The smallest absolute Gasteiger partial charge is 0.269 e. The van der Waals surface area contributed by atoms with Crippen LogP contribution >= 0.6 is 0 Å². The second-order valence-corrected chi connectivity index (χ2v) is 5.13. The maximum atomic E-state index is 12.2. The van der Waals surface area contributed by atoms with Gasteiger partial charge in [0.25, 0.3) is 5.69 Å². The summed E-state index contributed by atoms with van der Waals surface area (Å²) in [4.78, 5) is 24.0. The van der Waals surface area contributed by atoms with Gasteiger partial charge in [-0.05, 0) is 24.3 Å². The number of hydrogen-bond acceptors (Lipinski definition) is 4. The lowest BCUT2D eigenvalue weighted by Crippen LogP contribution is -2.41. The molecule has 2 rings (SSSR count). The average Bonchev–Trinajstić information content (AvgIpc) is 2.47. The van der Waals surface area contributed by atoms with Gasteiger partial charge in [0.1, 0.15) is 0 Å². The molecule has 1 unspecified atom stereocenters. The van der Waals surface area contributed by atoms with Crippen LogP contribution in [0.5, 0.6) is 0 Å². The van der Waals surface area contributed by atoms with Crippen LogP contribution in [0.1, 0.15) is 18.4 Å². The van der Waals surface area contributed by atoms with Crippen LogP contribution in [0.3, 0.4) is 0 Å². The number of piperidine rings is 1. The van der Waals surface area contributed by atoms with Crippen LogP contribution in [0, 0.1) is 16.0 Å². The first-order valence-corrected chi connectivity index (χ1v) is 6.72. The minimum Gasteiger partial charge on any atom is -0.396 e. The quantitative estimate of drug-likeness (QED) is 0.666. The Balaban J connectivity index is 1.95. The van der Waals surface area contributed by atoms with E-state index in [2.05, 4.69) is 0 Å². The first-order valence-electron chi connectivity index (χ1n) is 6.72. The number of nitrogens with zero attached hydrogens (tertiary/aromatic N) is 2. The summed E-state index contributed by atoms with van der Waals surface area (Å²) < 4.78 is 0. The summed E-state index contributed by atoms with van der Waals surface area (Å²) in [5.74, 6) is 0.182. The fourth-order valence-electron chi connectivity index (χ4n) is 2.46. The molecule has 1 aromatic carbocycles. The van der Waals surface area contributed by atoms with Crippen molar-refractivity contribution in [1.82, 2.24) is 4.90 Å². The van der Waals surface area contributed by atoms with Crippen LogP contribution in [0.4, 0.5) is 5.69 Å². The SMILES string of the molecule is O=C(Cc1ccc([N+](=O)[O-])cc1)N1CCCC(CO)C1. The third-order valence-corrected chi connectivity index (χ3v) is 3.63. The molecule has 1 saturated heterocycles. The second kappa shape index (κ2) is 6.47. The predicted octanol–water partition coefficient (Wildman–Crippen LogP) is 1.37. The Labute approximate surface area is 117 Å². The summed E-state index contributed by atoms with van der Waals surface area (Å²) in [6, 6.07) is 6.05. The van der Waals surface area contributed by atoms with Crippen LogP contribution in [0.2, 0.25) is 0 Å². The van der Waals surface area contributed by atoms with Crippen molar-refractivity contribution in [2.75, 3.05) is 19.7 Å². The Morgan fingerprint density at radius 2 is 2.10 bits per heavy atom. The predicted molar refractivity (Wildman–Crippen MR) is 73.2 cm³/mol. The first-order chi connectivity index (χ1) is 9.60. The number of carbonyl (C=O) groups is 1. The molecule has 0 aliphatic carbocycles. The molecule has 0 saturated carbocycles. The van der Waals surface area contributed by atoms with Gasteiger partial charge in [0.2, 0.25) is 5.91 Å². The van der Waals surface area contributed by atoms with Crippen molar-refractivity contribution < 1.29 is 14.8 Å². The normalized spacial score (nSPS) is 18.9. The van der Waals surface area contributed by atoms with Crippen molar-refractivity contribution >= 4 is 11.6 Å². The molecular formula is C14H18N2O4. The lowest BCUT2D eigenvalue weighted by atomic mass is 9.98. The zero-order chi connectivity index (χ0) is 14.5.